The van der Waals surface area contributed by atoms with E-state index in [0.717, 1.165) is 35.5 Å². The standard InChI is InChI=1S/C24H21BrN2O5S/c25-16-5-8-22-15(11-16)12-23(32-22)21-14-19(24(28)29)18-13-17(6-7-20(18)26-21)33(30,31)27-9-3-1-2-4-10-27/h5-8,11-14H,1-4,9-10H2,(H,28,29). The van der Waals surface area contributed by atoms with E-state index in [4.69, 9.17) is 4.42 Å². The first-order chi connectivity index (χ1) is 15.8. The lowest BCUT2D eigenvalue weighted by molar-refractivity contribution is 0.0699. The van der Waals surface area contributed by atoms with E-state index >= 15 is 0 Å². The Morgan fingerprint density at radius 3 is 2.48 bits per heavy atom. The first-order valence-electron chi connectivity index (χ1n) is 10.7. The summed E-state index contributed by atoms with van der Waals surface area (Å²) in [5.41, 5.74) is 1.40. The van der Waals surface area contributed by atoms with Crippen molar-refractivity contribution in [2.24, 2.45) is 0 Å². The summed E-state index contributed by atoms with van der Waals surface area (Å²) in [5.74, 6) is -0.722. The predicted octanol–water partition coefficient (Wildman–Crippen LogP) is 5.67. The number of rotatable bonds is 4. The number of benzene rings is 2. The second kappa shape index (κ2) is 8.55. The van der Waals surface area contributed by atoms with Crippen molar-refractivity contribution in [3.05, 3.63) is 58.6 Å². The Bertz CT molecular complexity index is 1490. The minimum atomic E-state index is -3.71. The van der Waals surface area contributed by atoms with E-state index in [-0.39, 0.29) is 15.8 Å². The van der Waals surface area contributed by atoms with E-state index in [1.165, 1.54) is 22.5 Å². The molecular weight excluding hydrogens is 508 g/mol. The van der Waals surface area contributed by atoms with Gasteiger partial charge in [0, 0.05) is 28.3 Å². The van der Waals surface area contributed by atoms with Crippen LogP contribution in [0.25, 0.3) is 33.3 Å². The lowest BCUT2D eigenvalue weighted by Crippen LogP contribution is -2.31. The number of pyridine rings is 1. The van der Waals surface area contributed by atoms with E-state index in [1.54, 1.807) is 12.1 Å². The monoisotopic (exact) mass is 528 g/mol. The maximum Gasteiger partial charge on any atom is 0.336 e. The van der Waals surface area contributed by atoms with E-state index in [9.17, 15) is 18.3 Å². The van der Waals surface area contributed by atoms with Crippen molar-refractivity contribution < 1.29 is 22.7 Å². The summed E-state index contributed by atoms with van der Waals surface area (Å²) >= 11 is 3.43. The summed E-state index contributed by atoms with van der Waals surface area (Å²) in [6, 6.07) is 13.3. The molecule has 9 heteroatoms. The van der Waals surface area contributed by atoms with Gasteiger partial charge in [-0.25, -0.2) is 18.2 Å². The zero-order chi connectivity index (χ0) is 23.2. The summed E-state index contributed by atoms with van der Waals surface area (Å²) in [5, 5.41) is 11.0. The molecule has 1 fully saturated rings. The highest BCUT2D eigenvalue weighted by molar-refractivity contribution is 9.10. The molecule has 0 unspecified atom stereocenters. The third-order valence-electron chi connectivity index (χ3n) is 5.94. The molecule has 1 aliphatic heterocycles. The fraction of sp³-hybridized carbons (Fsp3) is 0.250. The van der Waals surface area contributed by atoms with Gasteiger partial charge in [0.25, 0.3) is 0 Å². The van der Waals surface area contributed by atoms with Gasteiger partial charge in [-0.15, -0.1) is 0 Å². The summed E-state index contributed by atoms with van der Waals surface area (Å²) in [7, 11) is -3.71. The zero-order valence-corrected chi connectivity index (χ0v) is 20.0. The van der Waals surface area contributed by atoms with Gasteiger partial charge < -0.3 is 9.52 Å². The molecule has 0 saturated carbocycles. The summed E-state index contributed by atoms with van der Waals surface area (Å²) in [6.07, 6.45) is 3.68. The minimum absolute atomic E-state index is 0.0236. The number of aromatic nitrogens is 1. The number of furan rings is 1. The van der Waals surface area contributed by atoms with Crippen molar-refractivity contribution >= 4 is 53.8 Å². The molecule has 4 aromatic rings. The Labute approximate surface area is 199 Å². The normalized spacial score (nSPS) is 15.7. The van der Waals surface area contributed by atoms with Crippen molar-refractivity contribution in [1.82, 2.24) is 9.29 Å². The molecule has 0 bridgehead atoms. The summed E-state index contributed by atoms with van der Waals surface area (Å²) in [4.78, 5) is 16.8. The highest BCUT2D eigenvalue weighted by Crippen LogP contribution is 2.32. The molecule has 5 rings (SSSR count). The molecule has 0 spiro atoms. The number of carboxylic acids is 1. The van der Waals surface area contributed by atoms with Crippen LogP contribution in [0.1, 0.15) is 36.0 Å². The molecule has 0 atom stereocenters. The second-order valence-corrected chi connectivity index (χ2v) is 11.0. The largest absolute Gasteiger partial charge is 0.478 e. The summed E-state index contributed by atoms with van der Waals surface area (Å²) in [6.45, 7) is 0.955. The van der Waals surface area contributed by atoms with Crippen LogP contribution in [0.3, 0.4) is 0 Å². The topological polar surface area (TPSA) is 101 Å². The third-order valence-corrected chi connectivity index (χ3v) is 8.33. The van der Waals surface area contributed by atoms with Crippen LogP contribution in [0.5, 0.6) is 0 Å². The highest BCUT2D eigenvalue weighted by Gasteiger charge is 2.26. The number of carbonyl (C=O) groups is 1. The Kier molecular flexibility index (Phi) is 5.72. The van der Waals surface area contributed by atoms with Crippen molar-refractivity contribution in [1.29, 1.82) is 0 Å². The number of halogens is 1. The fourth-order valence-corrected chi connectivity index (χ4v) is 6.16. The van der Waals surface area contributed by atoms with Gasteiger partial charge in [0.2, 0.25) is 10.0 Å². The van der Waals surface area contributed by atoms with Crippen LogP contribution in [-0.2, 0) is 10.0 Å². The van der Waals surface area contributed by atoms with Crippen molar-refractivity contribution in [2.75, 3.05) is 13.1 Å². The average molecular weight is 529 g/mol. The smallest absolute Gasteiger partial charge is 0.336 e. The van der Waals surface area contributed by atoms with Crippen molar-refractivity contribution in [3.8, 4) is 11.5 Å². The zero-order valence-electron chi connectivity index (χ0n) is 17.6. The number of nitrogens with zero attached hydrogens (tertiary/aromatic N) is 2. The molecule has 33 heavy (non-hydrogen) atoms. The van der Waals surface area contributed by atoms with Crippen LogP contribution in [0, 0.1) is 0 Å². The molecule has 1 saturated heterocycles. The lowest BCUT2D eigenvalue weighted by Gasteiger charge is -2.20. The number of fused-ring (bicyclic) bond motifs is 2. The maximum atomic E-state index is 13.2. The quantitative estimate of drug-likeness (QED) is 0.366. The average Bonchev–Trinajstić information content (AvgIpc) is 3.01. The van der Waals surface area contributed by atoms with Gasteiger partial charge in [0.05, 0.1) is 16.0 Å². The molecule has 3 heterocycles. The van der Waals surface area contributed by atoms with Crippen LogP contribution in [-0.4, -0.2) is 41.9 Å². The molecule has 170 valence electrons. The third kappa shape index (κ3) is 4.16. The predicted molar refractivity (Wildman–Crippen MR) is 129 cm³/mol. The second-order valence-electron chi connectivity index (χ2n) is 8.15. The van der Waals surface area contributed by atoms with Gasteiger partial charge in [-0.1, -0.05) is 28.8 Å². The minimum Gasteiger partial charge on any atom is -0.478 e. The number of hydrogen-bond donors (Lipinski definition) is 1. The Balaban J connectivity index is 1.62. The molecule has 7 nitrogen and oxygen atoms in total. The van der Waals surface area contributed by atoms with E-state index in [2.05, 4.69) is 20.9 Å². The van der Waals surface area contributed by atoms with E-state index < -0.39 is 16.0 Å². The number of carboxylic acid groups (broad SMARTS) is 1. The molecule has 2 aromatic heterocycles. The molecule has 1 N–H and O–H groups in total. The van der Waals surface area contributed by atoms with Crippen LogP contribution < -0.4 is 0 Å². The van der Waals surface area contributed by atoms with Gasteiger partial charge in [0.15, 0.2) is 5.76 Å². The number of hydrogen-bond acceptors (Lipinski definition) is 5. The van der Waals surface area contributed by atoms with E-state index in [1.807, 2.05) is 18.2 Å². The van der Waals surface area contributed by atoms with Crippen LogP contribution in [0.15, 0.2) is 62.3 Å². The number of sulfonamides is 1. The van der Waals surface area contributed by atoms with Gasteiger partial charge >= 0.3 is 5.97 Å². The van der Waals surface area contributed by atoms with Crippen molar-refractivity contribution in [3.63, 3.8) is 0 Å². The molecule has 0 amide bonds. The Hall–Kier alpha value is -2.75. The molecule has 2 aromatic carbocycles. The van der Waals surface area contributed by atoms with Gasteiger partial charge in [0.1, 0.15) is 11.3 Å². The van der Waals surface area contributed by atoms with E-state index in [0.29, 0.717) is 35.6 Å². The summed E-state index contributed by atoms with van der Waals surface area (Å²) < 4.78 is 34.7. The fourth-order valence-electron chi connectivity index (χ4n) is 4.24. The van der Waals surface area contributed by atoms with Gasteiger partial charge in [-0.2, -0.15) is 4.31 Å². The first-order valence-corrected chi connectivity index (χ1v) is 12.9. The molecule has 0 radical (unpaired) electrons. The van der Waals surface area contributed by atoms with Crippen molar-refractivity contribution in [2.45, 2.75) is 30.6 Å². The molecule has 1 aliphatic rings. The van der Waals surface area contributed by atoms with Crippen LogP contribution >= 0.6 is 15.9 Å². The van der Waals surface area contributed by atoms with Gasteiger partial charge in [-0.05, 0) is 61.4 Å². The lowest BCUT2D eigenvalue weighted by atomic mass is 10.1. The van der Waals surface area contributed by atoms with Gasteiger partial charge in [-0.3, -0.25) is 0 Å². The Morgan fingerprint density at radius 2 is 1.76 bits per heavy atom. The molecular formula is C24H21BrN2O5S. The SMILES string of the molecule is O=C(O)c1cc(-c2cc3cc(Br)ccc3o2)nc2ccc(S(=O)(=O)N3CCCCCC3)cc12. The molecule has 0 aliphatic carbocycles. The van der Waals surface area contributed by atoms with Crippen LogP contribution in [0.2, 0.25) is 0 Å². The first kappa shape index (κ1) is 22.1. The Morgan fingerprint density at radius 1 is 1.00 bits per heavy atom. The maximum absolute atomic E-state index is 13.2. The van der Waals surface area contributed by atoms with Crippen LogP contribution in [0.4, 0.5) is 0 Å². The highest BCUT2D eigenvalue weighted by atomic mass is 79.9. The number of aromatic carboxylic acids is 1.